The second kappa shape index (κ2) is 4.09. The fraction of sp³-hybridized carbons (Fsp3) is 0.400. The molecule has 3 N–H and O–H groups in total. The van der Waals surface area contributed by atoms with Crippen LogP contribution in [0.2, 0.25) is 5.02 Å². The standard InChI is InChI=1S/C10H14ClNO/c1-6-8(10(12)7(2)13)4-3-5-9(6)11/h3-5,7,10,13H,12H2,1-2H3/t7-,10-/m1/s1. The number of aliphatic hydroxyl groups excluding tert-OH is 1. The average Bonchev–Trinajstić information content (AvgIpc) is 2.08. The Morgan fingerprint density at radius 1 is 1.46 bits per heavy atom. The molecule has 0 amide bonds. The number of nitrogens with two attached hydrogens (primary N) is 1. The van der Waals surface area contributed by atoms with Crippen molar-refractivity contribution in [2.45, 2.75) is 26.0 Å². The topological polar surface area (TPSA) is 46.2 Å². The van der Waals surface area contributed by atoms with Crippen LogP contribution in [0, 0.1) is 6.92 Å². The van der Waals surface area contributed by atoms with Gasteiger partial charge in [-0.05, 0) is 31.0 Å². The van der Waals surface area contributed by atoms with Gasteiger partial charge in [0.2, 0.25) is 0 Å². The van der Waals surface area contributed by atoms with E-state index in [1.54, 1.807) is 6.92 Å². The number of hydrogen-bond donors (Lipinski definition) is 2. The average molecular weight is 200 g/mol. The van der Waals surface area contributed by atoms with Gasteiger partial charge >= 0.3 is 0 Å². The summed E-state index contributed by atoms with van der Waals surface area (Å²) in [5, 5.41) is 10.0. The van der Waals surface area contributed by atoms with Crippen LogP contribution < -0.4 is 5.73 Å². The van der Waals surface area contributed by atoms with E-state index in [2.05, 4.69) is 0 Å². The van der Waals surface area contributed by atoms with Crippen LogP contribution in [0.4, 0.5) is 0 Å². The van der Waals surface area contributed by atoms with E-state index < -0.39 is 6.10 Å². The minimum atomic E-state index is -0.558. The van der Waals surface area contributed by atoms with Crippen LogP contribution in [0.3, 0.4) is 0 Å². The summed E-state index contributed by atoms with van der Waals surface area (Å²) >= 11 is 5.93. The van der Waals surface area contributed by atoms with Gasteiger partial charge in [0.05, 0.1) is 12.1 Å². The minimum absolute atomic E-state index is 0.362. The van der Waals surface area contributed by atoms with Crippen LogP contribution in [-0.2, 0) is 0 Å². The molecule has 0 aliphatic heterocycles. The monoisotopic (exact) mass is 199 g/mol. The molecule has 0 fully saturated rings. The Labute approximate surface area is 83.3 Å². The molecule has 0 radical (unpaired) electrons. The second-order valence-corrected chi connectivity index (χ2v) is 3.63. The number of rotatable bonds is 2. The van der Waals surface area contributed by atoms with Crippen molar-refractivity contribution in [1.29, 1.82) is 0 Å². The SMILES string of the molecule is Cc1c(Cl)cccc1[C@H](N)[C@@H](C)O. The van der Waals surface area contributed by atoms with E-state index in [9.17, 15) is 5.11 Å². The third kappa shape index (κ3) is 2.21. The number of benzene rings is 1. The maximum absolute atomic E-state index is 9.32. The molecule has 0 aliphatic carbocycles. The van der Waals surface area contributed by atoms with Crippen LogP contribution in [0.25, 0.3) is 0 Å². The maximum atomic E-state index is 9.32. The van der Waals surface area contributed by atoms with Gasteiger partial charge in [0, 0.05) is 5.02 Å². The maximum Gasteiger partial charge on any atom is 0.0704 e. The minimum Gasteiger partial charge on any atom is -0.391 e. The third-order valence-corrected chi connectivity index (χ3v) is 2.60. The molecule has 0 saturated heterocycles. The van der Waals surface area contributed by atoms with Crippen LogP contribution in [0.5, 0.6) is 0 Å². The molecule has 13 heavy (non-hydrogen) atoms. The number of aliphatic hydroxyl groups is 1. The summed E-state index contributed by atoms with van der Waals surface area (Å²) in [6.45, 7) is 3.57. The molecule has 1 aromatic carbocycles. The van der Waals surface area contributed by atoms with Gasteiger partial charge in [-0.2, -0.15) is 0 Å². The molecule has 0 heterocycles. The third-order valence-electron chi connectivity index (χ3n) is 2.19. The highest BCUT2D eigenvalue weighted by atomic mass is 35.5. The van der Waals surface area contributed by atoms with Crippen LogP contribution in [-0.4, -0.2) is 11.2 Å². The van der Waals surface area contributed by atoms with E-state index >= 15 is 0 Å². The van der Waals surface area contributed by atoms with Gasteiger partial charge in [-0.15, -0.1) is 0 Å². The number of halogens is 1. The van der Waals surface area contributed by atoms with Crippen molar-refractivity contribution in [1.82, 2.24) is 0 Å². The summed E-state index contributed by atoms with van der Waals surface area (Å²) in [5.74, 6) is 0. The smallest absolute Gasteiger partial charge is 0.0704 e. The molecule has 0 spiro atoms. The molecule has 0 bridgehead atoms. The second-order valence-electron chi connectivity index (χ2n) is 3.22. The zero-order valence-corrected chi connectivity index (χ0v) is 8.55. The van der Waals surface area contributed by atoms with Crippen molar-refractivity contribution < 1.29 is 5.11 Å². The van der Waals surface area contributed by atoms with E-state index in [0.717, 1.165) is 11.1 Å². The molecule has 72 valence electrons. The zero-order chi connectivity index (χ0) is 10.0. The lowest BCUT2D eigenvalue weighted by molar-refractivity contribution is 0.164. The molecular weight excluding hydrogens is 186 g/mol. The van der Waals surface area contributed by atoms with Crippen LogP contribution >= 0.6 is 11.6 Å². The van der Waals surface area contributed by atoms with Crippen molar-refractivity contribution in [2.75, 3.05) is 0 Å². The van der Waals surface area contributed by atoms with Crippen LogP contribution in [0.15, 0.2) is 18.2 Å². The van der Waals surface area contributed by atoms with E-state index in [-0.39, 0.29) is 6.04 Å². The first kappa shape index (κ1) is 10.5. The largest absolute Gasteiger partial charge is 0.391 e. The van der Waals surface area contributed by atoms with Crippen molar-refractivity contribution in [3.63, 3.8) is 0 Å². The Morgan fingerprint density at radius 3 is 2.62 bits per heavy atom. The van der Waals surface area contributed by atoms with Gasteiger partial charge in [0.25, 0.3) is 0 Å². The fourth-order valence-corrected chi connectivity index (χ4v) is 1.43. The summed E-state index contributed by atoms with van der Waals surface area (Å²) in [5.41, 5.74) is 7.65. The van der Waals surface area contributed by atoms with E-state index in [4.69, 9.17) is 17.3 Å². The Balaban J connectivity index is 3.07. The Morgan fingerprint density at radius 2 is 2.08 bits per heavy atom. The predicted molar refractivity (Wildman–Crippen MR) is 54.8 cm³/mol. The van der Waals surface area contributed by atoms with E-state index in [0.29, 0.717) is 5.02 Å². The predicted octanol–water partition coefficient (Wildman–Crippen LogP) is 2.03. The first-order valence-corrected chi connectivity index (χ1v) is 4.60. The molecule has 0 aliphatic rings. The Bertz CT molecular complexity index is 299. The lowest BCUT2D eigenvalue weighted by atomic mass is 9.99. The molecule has 2 atom stereocenters. The molecule has 3 heteroatoms. The molecule has 0 unspecified atom stereocenters. The highest BCUT2D eigenvalue weighted by Gasteiger charge is 2.14. The van der Waals surface area contributed by atoms with E-state index in [1.165, 1.54) is 0 Å². The van der Waals surface area contributed by atoms with Crippen molar-refractivity contribution in [2.24, 2.45) is 5.73 Å². The molecule has 2 nitrogen and oxygen atoms in total. The van der Waals surface area contributed by atoms with Gasteiger partial charge in [0.15, 0.2) is 0 Å². The lowest BCUT2D eigenvalue weighted by Crippen LogP contribution is -2.23. The highest BCUT2D eigenvalue weighted by molar-refractivity contribution is 6.31. The van der Waals surface area contributed by atoms with Crippen molar-refractivity contribution in [3.05, 3.63) is 34.3 Å². The van der Waals surface area contributed by atoms with Gasteiger partial charge in [0.1, 0.15) is 0 Å². The normalized spacial score (nSPS) is 15.5. The quantitative estimate of drug-likeness (QED) is 0.766. The van der Waals surface area contributed by atoms with Gasteiger partial charge in [-0.1, -0.05) is 23.7 Å². The molecule has 0 saturated carbocycles. The summed E-state index contributed by atoms with van der Waals surface area (Å²) < 4.78 is 0. The first-order valence-electron chi connectivity index (χ1n) is 4.22. The van der Waals surface area contributed by atoms with Gasteiger partial charge in [-0.3, -0.25) is 0 Å². The zero-order valence-electron chi connectivity index (χ0n) is 7.79. The Kier molecular flexibility index (Phi) is 3.31. The van der Waals surface area contributed by atoms with Crippen LogP contribution in [0.1, 0.15) is 24.1 Å². The summed E-state index contributed by atoms with van der Waals surface area (Å²) in [4.78, 5) is 0. The summed E-state index contributed by atoms with van der Waals surface area (Å²) in [6.07, 6.45) is -0.558. The molecule has 1 rings (SSSR count). The fourth-order valence-electron chi connectivity index (χ4n) is 1.25. The van der Waals surface area contributed by atoms with Gasteiger partial charge in [-0.25, -0.2) is 0 Å². The lowest BCUT2D eigenvalue weighted by Gasteiger charge is -2.17. The molecular formula is C10H14ClNO. The van der Waals surface area contributed by atoms with Gasteiger partial charge < -0.3 is 10.8 Å². The Hall–Kier alpha value is -0.570. The van der Waals surface area contributed by atoms with Crippen molar-refractivity contribution >= 4 is 11.6 Å². The summed E-state index contributed by atoms with van der Waals surface area (Å²) in [6, 6.07) is 5.18. The molecule has 1 aromatic rings. The first-order chi connectivity index (χ1) is 6.04. The van der Waals surface area contributed by atoms with Crippen molar-refractivity contribution in [3.8, 4) is 0 Å². The van der Waals surface area contributed by atoms with E-state index in [1.807, 2.05) is 25.1 Å². The molecule has 0 aromatic heterocycles. The summed E-state index contributed by atoms with van der Waals surface area (Å²) in [7, 11) is 0. The highest BCUT2D eigenvalue weighted by Crippen LogP contribution is 2.24. The number of hydrogen-bond acceptors (Lipinski definition) is 2.